The van der Waals surface area contributed by atoms with Crippen LogP contribution in [0.25, 0.3) is 10.8 Å². The lowest BCUT2D eigenvalue weighted by atomic mass is 10.1. The van der Waals surface area contributed by atoms with E-state index < -0.39 is 0 Å². The largest absolute Gasteiger partial charge is 0.277 e. The Morgan fingerprint density at radius 1 is 0.737 bits per heavy atom. The summed E-state index contributed by atoms with van der Waals surface area (Å²) in [4.78, 5) is 12.1. The lowest BCUT2D eigenvalue weighted by Gasteiger charge is -2.03. The molecule has 0 unspecified atom stereocenters. The second-order valence-corrected chi connectivity index (χ2v) is 4.31. The summed E-state index contributed by atoms with van der Waals surface area (Å²) in [5.41, 5.74) is 1.29. The van der Waals surface area contributed by atoms with Gasteiger partial charge in [-0.15, -0.1) is 0 Å². The summed E-state index contributed by atoms with van der Waals surface area (Å²) >= 11 is 0. The number of carbonyl (C=O) groups excluding carboxylic acids is 1. The van der Waals surface area contributed by atoms with Crippen molar-refractivity contribution < 1.29 is 4.79 Å². The molecule has 0 atom stereocenters. The predicted octanol–water partition coefficient (Wildman–Crippen LogP) is 3.92. The van der Waals surface area contributed by atoms with Gasteiger partial charge in [-0.05, 0) is 35.0 Å². The fourth-order valence-electron chi connectivity index (χ4n) is 2.01. The van der Waals surface area contributed by atoms with E-state index in [0.717, 1.165) is 10.8 Å². The highest BCUT2D eigenvalue weighted by Crippen LogP contribution is 2.17. The minimum Gasteiger partial charge on any atom is -0.267 e. The van der Waals surface area contributed by atoms with Crippen LogP contribution in [0.1, 0.15) is 10.4 Å². The predicted molar refractivity (Wildman–Crippen MR) is 76.5 cm³/mol. The van der Waals surface area contributed by atoms with Crippen LogP contribution < -0.4 is 5.32 Å². The second-order valence-electron chi connectivity index (χ2n) is 4.31. The molecular formula is C17H12NO. The normalized spacial score (nSPS) is 10.3. The SMILES string of the molecule is O=C([N]c1ccccc1)c1ccc2ccccc2c1. The Morgan fingerprint density at radius 3 is 2.21 bits per heavy atom. The third-order valence-electron chi connectivity index (χ3n) is 2.98. The maximum atomic E-state index is 12.1. The van der Waals surface area contributed by atoms with E-state index in [1.165, 1.54) is 0 Å². The average molecular weight is 246 g/mol. The highest BCUT2D eigenvalue weighted by atomic mass is 16.1. The molecule has 1 amide bonds. The average Bonchev–Trinajstić information content (AvgIpc) is 2.48. The van der Waals surface area contributed by atoms with E-state index in [1.54, 1.807) is 0 Å². The molecule has 0 aromatic heterocycles. The van der Waals surface area contributed by atoms with E-state index >= 15 is 0 Å². The molecule has 91 valence electrons. The van der Waals surface area contributed by atoms with Crippen LogP contribution in [0.5, 0.6) is 0 Å². The molecular weight excluding hydrogens is 234 g/mol. The van der Waals surface area contributed by atoms with Crippen LogP contribution in [0.15, 0.2) is 72.8 Å². The van der Waals surface area contributed by atoms with Gasteiger partial charge < -0.3 is 0 Å². The number of hydrogen-bond donors (Lipinski definition) is 0. The Kier molecular flexibility index (Phi) is 2.99. The first-order valence-electron chi connectivity index (χ1n) is 6.13. The van der Waals surface area contributed by atoms with Crippen LogP contribution >= 0.6 is 0 Å². The summed E-state index contributed by atoms with van der Waals surface area (Å²) in [6, 6.07) is 22.9. The molecule has 1 radical (unpaired) electrons. The van der Waals surface area contributed by atoms with Gasteiger partial charge in [-0.25, -0.2) is 5.32 Å². The molecule has 0 N–H and O–H groups in total. The number of benzene rings is 3. The first kappa shape index (κ1) is 11.5. The molecule has 3 aromatic rings. The summed E-state index contributed by atoms with van der Waals surface area (Å²) < 4.78 is 0. The highest BCUT2D eigenvalue weighted by Gasteiger charge is 2.08. The van der Waals surface area contributed by atoms with E-state index in [0.29, 0.717) is 11.3 Å². The van der Waals surface area contributed by atoms with Crippen molar-refractivity contribution in [1.29, 1.82) is 0 Å². The first-order chi connectivity index (χ1) is 9.33. The maximum Gasteiger partial charge on any atom is 0.277 e. The van der Waals surface area contributed by atoms with E-state index in [1.807, 2.05) is 72.8 Å². The molecule has 3 rings (SSSR count). The summed E-state index contributed by atoms with van der Waals surface area (Å²) in [7, 11) is 0. The minimum atomic E-state index is -0.211. The molecule has 0 aliphatic heterocycles. The van der Waals surface area contributed by atoms with Gasteiger partial charge >= 0.3 is 0 Å². The van der Waals surface area contributed by atoms with E-state index in [2.05, 4.69) is 5.32 Å². The van der Waals surface area contributed by atoms with Gasteiger partial charge in [0.25, 0.3) is 5.91 Å². The van der Waals surface area contributed by atoms with Crippen LogP contribution in [0.4, 0.5) is 5.69 Å². The molecule has 0 saturated carbocycles. The van der Waals surface area contributed by atoms with Gasteiger partial charge in [0, 0.05) is 5.56 Å². The summed E-state index contributed by atoms with van der Waals surface area (Å²) in [6.45, 7) is 0. The van der Waals surface area contributed by atoms with Crippen molar-refractivity contribution in [3.8, 4) is 0 Å². The number of para-hydroxylation sites is 1. The van der Waals surface area contributed by atoms with Gasteiger partial charge in [-0.1, -0.05) is 48.5 Å². The molecule has 0 saturated heterocycles. The number of nitrogens with zero attached hydrogens (tertiary/aromatic N) is 1. The molecule has 0 bridgehead atoms. The Labute approximate surface area is 111 Å². The van der Waals surface area contributed by atoms with Crippen molar-refractivity contribution in [3.05, 3.63) is 78.4 Å². The minimum absolute atomic E-state index is 0.211. The quantitative estimate of drug-likeness (QED) is 0.674. The third kappa shape index (κ3) is 2.47. The van der Waals surface area contributed by atoms with Crippen LogP contribution in [0.2, 0.25) is 0 Å². The number of amides is 1. The number of carbonyl (C=O) groups is 1. The molecule has 0 spiro atoms. The summed E-state index contributed by atoms with van der Waals surface area (Å²) in [5.74, 6) is -0.211. The van der Waals surface area contributed by atoms with Crippen molar-refractivity contribution >= 4 is 22.4 Å². The van der Waals surface area contributed by atoms with Gasteiger partial charge in [-0.2, -0.15) is 0 Å². The van der Waals surface area contributed by atoms with Crippen molar-refractivity contribution in [3.63, 3.8) is 0 Å². The fraction of sp³-hybridized carbons (Fsp3) is 0. The van der Waals surface area contributed by atoms with Crippen LogP contribution in [-0.4, -0.2) is 5.91 Å². The van der Waals surface area contributed by atoms with E-state index in [4.69, 9.17) is 0 Å². The van der Waals surface area contributed by atoms with Gasteiger partial charge in [0.15, 0.2) is 0 Å². The zero-order chi connectivity index (χ0) is 13.1. The van der Waals surface area contributed by atoms with Crippen molar-refractivity contribution in [2.45, 2.75) is 0 Å². The van der Waals surface area contributed by atoms with Gasteiger partial charge in [0.1, 0.15) is 0 Å². The Morgan fingerprint density at radius 2 is 1.42 bits per heavy atom. The lowest BCUT2D eigenvalue weighted by molar-refractivity contribution is 0.0969. The van der Waals surface area contributed by atoms with Crippen molar-refractivity contribution in [2.24, 2.45) is 0 Å². The number of hydrogen-bond acceptors (Lipinski definition) is 1. The maximum absolute atomic E-state index is 12.1. The Balaban J connectivity index is 1.89. The van der Waals surface area contributed by atoms with Gasteiger partial charge in [0.05, 0.1) is 5.69 Å². The fourth-order valence-corrected chi connectivity index (χ4v) is 2.01. The third-order valence-corrected chi connectivity index (χ3v) is 2.98. The number of fused-ring (bicyclic) bond motifs is 1. The molecule has 0 fully saturated rings. The summed E-state index contributed by atoms with van der Waals surface area (Å²) in [6.07, 6.45) is 0. The molecule has 0 heterocycles. The summed E-state index contributed by atoms with van der Waals surface area (Å²) in [5, 5.41) is 6.27. The molecule has 0 aliphatic carbocycles. The first-order valence-corrected chi connectivity index (χ1v) is 6.13. The second kappa shape index (κ2) is 4.94. The molecule has 2 heteroatoms. The molecule has 0 aliphatic rings. The monoisotopic (exact) mass is 246 g/mol. The molecule has 19 heavy (non-hydrogen) atoms. The van der Waals surface area contributed by atoms with E-state index in [9.17, 15) is 4.79 Å². The standard InChI is InChI=1S/C17H12NO/c19-17(18-16-8-2-1-3-9-16)15-11-10-13-6-4-5-7-14(13)12-15/h1-12H. The van der Waals surface area contributed by atoms with Crippen LogP contribution in [0.3, 0.4) is 0 Å². The van der Waals surface area contributed by atoms with Gasteiger partial charge in [-0.3, -0.25) is 4.79 Å². The Hall–Kier alpha value is -2.61. The molecule has 2 nitrogen and oxygen atoms in total. The smallest absolute Gasteiger partial charge is 0.267 e. The van der Waals surface area contributed by atoms with Crippen molar-refractivity contribution in [2.75, 3.05) is 0 Å². The zero-order valence-electron chi connectivity index (χ0n) is 10.3. The van der Waals surface area contributed by atoms with Crippen LogP contribution in [-0.2, 0) is 0 Å². The molecule has 3 aromatic carbocycles. The topological polar surface area (TPSA) is 31.2 Å². The van der Waals surface area contributed by atoms with Crippen LogP contribution in [0, 0.1) is 0 Å². The van der Waals surface area contributed by atoms with E-state index in [-0.39, 0.29) is 5.91 Å². The Bertz CT molecular complexity index is 719. The zero-order valence-corrected chi connectivity index (χ0v) is 10.3. The number of rotatable bonds is 2. The lowest BCUT2D eigenvalue weighted by Crippen LogP contribution is -2.10. The van der Waals surface area contributed by atoms with Gasteiger partial charge in [0.2, 0.25) is 0 Å². The highest BCUT2D eigenvalue weighted by molar-refractivity contribution is 6.00. The van der Waals surface area contributed by atoms with Crippen molar-refractivity contribution in [1.82, 2.24) is 5.32 Å².